The second kappa shape index (κ2) is 8.55. The summed E-state index contributed by atoms with van der Waals surface area (Å²) in [5.41, 5.74) is 8.60. The number of nitrogen functional groups attached to an aromatic ring is 1. The average Bonchev–Trinajstić information content (AvgIpc) is 2.42. The minimum atomic E-state index is 0.0918. The van der Waals surface area contributed by atoms with Gasteiger partial charge in [0.25, 0.3) is 0 Å². The number of nitrogens with zero attached hydrogens (tertiary/aromatic N) is 1. The predicted molar refractivity (Wildman–Crippen MR) is 82.8 cm³/mol. The first-order valence-electron chi connectivity index (χ1n) is 6.78. The quantitative estimate of drug-likeness (QED) is 0.410. The van der Waals surface area contributed by atoms with Crippen molar-refractivity contribution < 1.29 is 9.47 Å². The van der Waals surface area contributed by atoms with E-state index >= 15 is 0 Å². The Balaban J connectivity index is 2.97. The number of nitrogens with one attached hydrogen (secondary N) is 1. The molecule has 0 fully saturated rings. The van der Waals surface area contributed by atoms with Gasteiger partial charge >= 0.3 is 0 Å². The number of nitrogens with two attached hydrogens (primary N) is 1. The van der Waals surface area contributed by atoms with Gasteiger partial charge in [-0.3, -0.25) is 5.41 Å². The third-order valence-electron chi connectivity index (χ3n) is 3.13. The van der Waals surface area contributed by atoms with Crippen molar-refractivity contribution in [3.05, 3.63) is 29.3 Å². The third-order valence-corrected chi connectivity index (χ3v) is 3.13. The Morgan fingerprint density at radius 2 is 1.90 bits per heavy atom. The molecule has 0 aliphatic heterocycles. The summed E-state index contributed by atoms with van der Waals surface area (Å²) < 4.78 is 10.3. The monoisotopic (exact) mass is 279 g/mol. The Morgan fingerprint density at radius 1 is 1.20 bits per heavy atom. The molecule has 20 heavy (non-hydrogen) atoms. The van der Waals surface area contributed by atoms with Crippen LogP contribution in [-0.2, 0) is 9.47 Å². The van der Waals surface area contributed by atoms with E-state index in [1.54, 1.807) is 14.2 Å². The molecule has 0 unspecified atom stereocenters. The van der Waals surface area contributed by atoms with E-state index in [1.807, 2.05) is 19.1 Å². The Hall–Kier alpha value is -1.59. The minimum absolute atomic E-state index is 0.0918. The fraction of sp³-hybridized carbons (Fsp3) is 0.533. The molecule has 1 aromatic rings. The topological polar surface area (TPSA) is 71.6 Å². The number of aryl methyl sites for hydroxylation is 1. The van der Waals surface area contributed by atoms with Gasteiger partial charge in [0, 0.05) is 45.2 Å². The molecular weight excluding hydrogens is 254 g/mol. The maximum absolute atomic E-state index is 7.73. The van der Waals surface area contributed by atoms with Crippen LogP contribution in [0.25, 0.3) is 0 Å². The normalized spacial score (nSPS) is 10.6. The van der Waals surface area contributed by atoms with Crippen LogP contribution in [0.4, 0.5) is 5.69 Å². The zero-order chi connectivity index (χ0) is 15.0. The molecule has 0 saturated heterocycles. The van der Waals surface area contributed by atoms with Crippen molar-refractivity contribution in [3.8, 4) is 0 Å². The van der Waals surface area contributed by atoms with E-state index < -0.39 is 0 Å². The largest absolute Gasteiger partial charge is 0.385 e. The van der Waals surface area contributed by atoms with E-state index in [2.05, 4.69) is 11.0 Å². The fourth-order valence-corrected chi connectivity index (χ4v) is 2.08. The van der Waals surface area contributed by atoms with Gasteiger partial charge in [0.2, 0.25) is 0 Å². The van der Waals surface area contributed by atoms with Crippen LogP contribution in [0.15, 0.2) is 18.2 Å². The molecule has 1 rings (SSSR count). The summed E-state index contributed by atoms with van der Waals surface area (Å²) in [5, 5.41) is 7.73. The lowest BCUT2D eigenvalue weighted by molar-refractivity contribution is 0.191. The summed E-state index contributed by atoms with van der Waals surface area (Å²) in [6.07, 6.45) is 0.922. The minimum Gasteiger partial charge on any atom is -0.385 e. The van der Waals surface area contributed by atoms with Crippen molar-refractivity contribution in [1.82, 2.24) is 0 Å². The molecule has 0 bridgehead atoms. The van der Waals surface area contributed by atoms with Crippen LogP contribution in [0.5, 0.6) is 0 Å². The van der Waals surface area contributed by atoms with Crippen LogP contribution in [0, 0.1) is 12.3 Å². The first kappa shape index (κ1) is 16.5. The number of methoxy groups -OCH3 is 2. The Morgan fingerprint density at radius 3 is 2.50 bits per heavy atom. The van der Waals surface area contributed by atoms with Crippen LogP contribution < -0.4 is 10.6 Å². The van der Waals surface area contributed by atoms with Gasteiger partial charge in [-0.15, -0.1) is 0 Å². The number of rotatable bonds is 9. The number of ether oxygens (including phenoxy) is 2. The molecule has 3 N–H and O–H groups in total. The van der Waals surface area contributed by atoms with Crippen molar-refractivity contribution in [2.45, 2.75) is 13.3 Å². The van der Waals surface area contributed by atoms with Gasteiger partial charge in [0.1, 0.15) is 5.84 Å². The number of anilines is 1. The molecule has 0 aliphatic carbocycles. The van der Waals surface area contributed by atoms with Crippen molar-refractivity contribution in [2.75, 3.05) is 45.4 Å². The average molecular weight is 279 g/mol. The van der Waals surface area contributed by atoms with Gasteiger partial charge in [0.05, 0.1) is 6.61 Å². The van der Waals surface area contributed by atoms with Gasteiger partial charge in [-0.2, -0.15) is 0 Å². The van der Waals surface area contributed by atoms with Crippen LogP contribution in [-0.4, -0.2) is 46.4 Å². The van der Waals surface area contributed by atoms with Gasteiger partial charge in [-0.1, -0.05) is 6.07 Å². The standard InChI is InChI=1S/C15H25N3O2/c1-12-5-6-13(15(16)17)14(11-12)18(8-10-20-3)7-4-9-19-2/h5-6,11H,4,7-10H2,1-3H3,(H3,16,17). The van der Waals surface area contributed by atoms with E-state index in [1.165, 1.54) is 0 Å². The third kappa shape index (κ3) is 4.83. The van der Waals surface area contributed by atoms with Crippen LogP contribution in [0.2, 0.25) is 0 Å². The van der Waals surface area contributed by atoms with E-state index in [0.29, 0.717) is 13.2 Å². The van der Waals surface area contributed by atoms with Crippen LogP contribution >= 0.6 is 0 Å². The molecule has 1 aromatic carbocycles. The summed E-state index contributed by atoms with van der Waals surface area (Å²) in [7, 11) is 3.39. The van der Waals surface area contributed by atoms with Crippen molar-refractivity contribution in [3.63, 3.8) is 0 Å². The van der Waals surface area contributed by atoms with Gasteiger partial charge in [-0.05, 0) is 31.0 Å². The summed E-state index contributed by atoms with van der Waals surface area (Å²) in [5.74, 6) is 0.0918. The van der Waals surface area contributed by atoms with Crippen LogP contribution in [0.1, 0.15) is 17.5 Å². The van der Waals surface area contributed by atoms with E-state index in [-0.39, 0.29) is 5.84 Å². The fourth-order valence-electron chi connectivity index (χ4n) is 2.08. The summed E-state index contributed by atoms with van der Waals surface area (Å²) in [6.45, 7) is 5.00. The Bertz CT molecular complexity index is 435. The first-order valence-corrected chi connectivity index (χ1v) is 6.78. The van der Waals surface area contributed by atoms with E-state index in [4.69, 9.17) is 20.6 Å². The molecule has 112 valence electrons. The second-order valence-electron chi connectivity index (χ2n) is 4.76. The predicted octanol–water partition coefficient (Wildman–Crippen LogP) is 1.77. The van der Waals surface area contributed by atoms with Crippen LogP contribution in [0.3, 0.4) is 0 Å². The van der Waals surface area contributed by atoms with Crippen molar-refractivity contribution in [2.24, 2.45) is 5.73 Å². The van der Waals surface area contributed by atoms with Crippen molar-refractivity contribution >= 4 is 11.5 Å². The van der Waals surface area contributed by atoms with Gasteiger partial charge in [-0.25, -0.2) is 0 Å². The number of benzene rings is 1. The molecule has 0 aromatic heterocycles. The summed E-state index contributed by atoms with van der Waals surface area (Å²) in [4.78, 5) is 2.20. The highest BCUT2D eigenvalue weighted by Crippen LogP contribution is 2.22. The molecule has 0 amide bonds. The number of hydrogen-bond donors (Lipinski definition) is 2. The van der Waals surface area contributed by atoms with Gasteiger partial charge in [0.15, 0.2) is 0 Å². The lowest BCUT2D eigenvalue weighted by Gasteiger charge is -2.27. The zero-order valence-electron chi connectivity index (χ0n) is 12.6. The Labute approximate surface area is 121 Å². The van der Waals surface area contributed by atoms with E-state index in [9.17, 15) is 0 Å². The lowest BCUT2D eigenvalue weighted by Crippen LogP contribution is -2.31. The SMILES string of the molecule is COCCCN(CCOC)c1cc(C)ccc1C(=N)N. The highest BCUT2D eigenvalue weighted by atomic mass is 16.5. The lowest BCUT2D eigenvalue weighted by atomic mass is 10.1. The molecule has 0 aliphatic rings. The van der Waals surface area contributed by atoms with Gasteiger partial charge < -0.3 is 20.1 Å². The molecule has 0 heterocycles. The Kier molecular flexibility index (Phi) is 7.04. The number of amidine groups is 1. The molecule has 0 radical (unpaired) electrons. The smallest absolute Gasteiger partial charge is 0.124 e. The molecule has 0 atom stereocenters. The molecule has 5 nitrogen and oxygen atoms in total. The molecule has 5 heteroatoms. The highest BCUT2D eigenvalue weighted by Gasteiger charge is 2.13. The molecule has 0 spiro atoms. The first-order chi connectivity index (χ1) is 9.60. The maximum Gasteiger partial charge on any atom is 0.124 e. The molecular formula is C15H25N3O2. The van der Waals surface area contributed by atoms with E-state index in [0.717, 1.165) is 36.3 Å². The molecule has 0 saturated carbocycles. The maximum atomic E-state index is 7.73. The summed E-state index contributed by atoms with van der Waals surface area (Å²) >= 11 is 0. The second-order valence-corrected chi connectivity index (χ2v) is 4.76. The number of hydrogen-bond acceptors (Lipinski definition) is 4. The summed E-state index contributed by atoms with van der Waals surface area (Å²) in [6, 6.07) is 5.95. The zero-order valence-corrected chi connectivity index (χ0v) is 12.6. The highest BCUT2D eigenvalue weighted by molar-refractivity contribution is 6.00. The van der Waals surface area contributed by atoms with Crippen molar-refractivity contribution in [1.29, 1.82) is 5.41 Å².